The lowest BCUT2D eigenvalue weighted by Crippen LogP contribution is -2.30. The van der Waals surface area contributed by atoms with Gasteiger partial charge in [0.15, 0.2) is 11.3 Å². The lowest BCUT2D eigenvalue weighted by atomic mass is 10.1. The largest absolute Gasteiger partial charge is 0.245 e. The Kier molecular flexibility index (Phi) is 1.76. The molecule has 3 nitrogen and oxygen atoms in total. The van der Waals surface area contributed by atoms with Crippen LogP contribution in [-0.2, 0) is 4.79 Å². The van der Waals surface area contributed by atoms with Crippen molar-refractivity contribution in [2.24, 2.45) is 4.99 Å². The van der Waals surface area contributed by atoms with Gasteiger partial charge in [0.2, 0.25) is 0 Å². The fourth-order valence-corrected chi connectivity index (χ4v) is 1.98. The van der Waals surface area contributed by atoms with Gasteiger partial charge in [0.1, 0.15) is 5.36 Å². The number of hydrogen-bond donors (Lipinski definition) is 0. The lowest BCUT2D eigenvalue weighted by Gasteiger charge is -1.98. The van der Waals surface area contributed by atoms with Gasteiger partial charge in [-0.05, 0) is 19.1 Å². The van der Waals surface area contributed by atoms with Gasteiger partial charge < -0.3 is 0 Å². The van der Waals surface area contributed by atoms with E-state index in [1.54, 1.807) is 0 Å². The minimum Gasteiger partial charge on any atom is -0.245 e. The van der Waals surface area contributed by atoms with Gasteiger partial charge in [0.05, 0.1) is 5.69 Å². The third-order valence-corrected chi connectivity index (χ3v) is 2.64. The van der Waals surface area contributed by atoms with Crippen LogP contribution in [-0.4, -0.2) is 10.9 Å². The Hall–Kier alpha value is -2.25. The second-order valence-electron chi connectivity index (χ2n) is 3.74. The van der Waals surface area contributed by atoms with Crippen molar-refractivity contribution in [1.29, 1.82) is 0 Å². The molecule has 0 radical (unpaired) electrons. The number of hydrogen-bond acceptors (Lipinski definition) is 3. The van der Waals surface area contributed by atoms with Gasteiger partial charge in [-0.3, -0.25) is 0 Å². The Balaban J connectivity index is 2.53. The summed E-state index contributed by atoms with van der Waals surface area (Å²) in [6, 6.07) is 9.77. The summed E-state index contributed by atoms with van der Waals surface area (Å²) in [4.78, 5) is 19.4. The maximum absolute atomic E-state index is 10.8. The van der Waals surface area contributed by atoms with Gasteiger partial charge in [-0.25, -0.2) is 14.8 Å². The molecule has 1 aromatic heterocycles. The number of carbonyl (C=O) groups excluding carboxylic acids is 1. The molecule has 0 unspecified atom stereocenters. The van der Waals surface area contributed by atoms with Gasteiger partial charge >= 0.3 is 0 Å². The normalized spacial score (nSPS) is 11.3. The number of aryl methyl sites for hydroxylation is 1. The van der Waals surface area contributed by atoms with Crippen LogP contribution in [0, 0.1) is 6.92 Å². The number of benzene rings is 1. The van der Waals surface area contributed by atoms with Crippen molar-refractivity contribution >= 4 is 11.6 Å². The molecule has 2 heterocycles. The van der Waals surface area contributed by atoms with E-state index in [4.69, 9.17) is 0 Å². The van der Waals surface area contributed by atoms with Crippen LogP contribution in [0.5, 0.6) is 0 Å². The first kappa shape index (κ1) is 9.01. The van der Waals surface area contributed by atoms with Crippen LogP contribution in [0.2, 0.25) is 0 Å². The van der Waals surface area contributed by atoms with Crippen molar-refractivity contribution in [3.05, 3.63) is 46.7 Å². The van der Waals surface area contributed by atoms with Crippen LogP contribution in [0.3, 0.4) is 0 Å². The highest BCUT2D eigenvalue weighted by molar-refractivity contribution is 5.79. The number of fused-ring (bicyclic) bond motifs is 3. The summed E-state index contributed by atoms with van der Waals surface area (Å²) in [7, 11) is 0. The summed E-state index contributed by atoms with van der Waals surface area (Å²) in [5.41, 5.74) is 3.73. The van der Waals surface area contributed by atoms with Crippen LogP contribution in [0.4, 0.5) is 5.69 Å². The minimum absolute atomic E-state index is 0.297. The van der Waals surface area contributed by atoms with E-state index in [-0.39, 0.29) is 0 Å². The van der Waals surface area contributed by atoms with Crippen molar-refractivity contribution in [1.82, 2.24) is 4.98 Å². The Morgan fingerprint density at radius 1 is 1.19 bits per heavy atom. The fraction of sp³-hybridized carbons (Fsp3) is 0.0769. The molecule has 0 aliphatic carbocycles. The molecule has 0 saturated carbocycles. The van der Waals surface area contributed by atoms with E-state index in [2.05, 4.69) is 9.98 Å². The third kappa shape index (κ3) is 1.12. The monoisotopic (exact) mass is 208 g/mol. The molecule has 2 aromatic rings. The molecule has 76 valence electrons. The predicted molar refractivity (Wildman–Crippen MR) is 59.6 cm³/mol. The fourth-order valence-electron chi connectivity index (χ4n) is 1.98. The van der Waals surface area contributed by atoms with Crippen molar-refractivity contribution < 1.29 is 4.79 Å². The second-order valence-corrected chi connectivity index (χ2v) is 3.74. The van der Waals surface area contributed by atoms with Crippen LogP contribution >= 0.6 is 0 Å². The molecular formula is C13H8N2O. The molecule has 0 atom stereocenters. The van der Waals surface area contributed by atoms with E-state index in [0.29, 0.717) is 10.7 Å². The zero-order valence-electron chi connectivity index (χ0n) is 8.69. The third-order valence-electron chi connectivity index (χ3n) is 2.64. The summed E-state index contributed by atoms with van der Waals surface area (Å²) >= 11 is 0. The van der Waals surface area contributed by atoms with Gasteiger partial charge in [0.25, 0.3) is 0 Å². The Morgan fingerprint density at radius 2 is 2.00 bits per heavy atom. The van der Waals surface area contributed by atoms with Crippen molar-refractivity contribution in [2.45, 2.75) is 6.92 Å². The zero-order valence-corrected chi connectivity index (χ0v) is 8.69. The number of pyridine rings is 1. The standard InChI is InChI=1S/C13H8N2O/c1-8-6-10-9-4-2-3-5-11(9)15-13(10)12(7-16)14-8/h2-6H,1H3. The van der Waals surface area contributed by atoms with Gasteiger partial charge in [-0.15, -0.1) is 0 Å². The van der Waals surface area contributed by atoms with E-state index in [0.717, 1.165) is 22.5 Å². The zero-order chi connectivity index (χ0) is 11.1. The Morgan fingerprint density at radius 3 is 2.81 bits per heavy atom. The smallest absolute Gasteiger partial charge is 0.173 e. The summed E-state index contributed by atoms with van der Waals surface area (Å²) in [5, 5.41) is 0.938. The topological polar surface area (TPSA) is 42.3 Å². The molecule has 1 aliphatic rings. The SMILES string of the molecule is Cc1cc2c(c(=C=O)n1)=Nc1ccccc1-2. The molecule has 0 N–H and O–H groups in total. The van der Waals surface area contributed by atoms with Crippen LogP contribution in [0.1, 0.15) is 5.69 Å². The van der Waals surface area contributed by atoms with Crippen LogP contribution in [0.15, 0.2) is 35.3 Å². The number of nitrogens with zero attached hydrogens (tertiary/aromatic N) is 2. The predicted octanol–water partition coefficient (Wildman–Crippen LogP) is 0.825. The first-order valence-electron chi connectivity index (χ1n) is 5.00. The molecule has 0 amide bonds. The molecule has 1 aromatic carbocycles. The quantitative estimate of drug-likeness (QED) is 0.549. The van der Waals surface area contributed by atoms with E-state index >= 15 is 0 Å². The number of aromatic nitrogens is 1. The van der Waals surface area contributed by atoms with E-state index in [9.17, 15) is 4.79 Å². The molecule has 3 heteroatoms. The molecule has 1 aliphatic heterocycles. The van der Waals surface area contributed by atoms with Gasteiger partial charge in [-0.2, -0.15) is 0 Å². The van der Waals surface area contributed by atoms with Crippen molar-refractivity contribution in [3.63, 3.8) is 0 Å². The van der Waals surface area contributed by atoms with Gasteiger partial charge in [0, 0.05) is 16.8 Å². The lowest BCUT2D eigenvalue weighted by molar-refractivity contribution is 0.566. The summed E-state index contributed by atoms with van der Waals surface area (Å²) in [6.45, 7) is 1.86. The molecule has 0 fully saturated rings. The maximum Gasteiger partial charge on any atom is 0.173 e. The van der Waals surface area contributed by atoms with E-state index in [1.807, 2.05) is 43.2 Å². The first-order chi connectivity index (χ1) is 7.79. The van der Waals surface area contributed by atoms with Gasteiger partial charge in [-0.1, -0.05) is 18.2 Å². The van der Waals surface area contributed by atoms with E-state index < -0.39 is 0 Å². The summed E-state index contributed by atoms with van der Waals surface area (Å²) in [6.07, 6.45) is 0. The molecule has 0 spiro atoms. The second kappa shape index (κ2) is 3.12. The Bertz CT molecular complexity index is 728. The van der Waals surface area contributed by atoms with Crippen LogP contribution in [0.25, 0.3) is 11.1 Å². The first-order valence-corrected chi connectivity index (χ1v) is 5.00. The average Bonchev–Trinajstić information content (AvgIpc) is 2.67. The van der Waals surface area contributed by atoms with Crippen molar-refractivity contribution in [3.8, 4) is 11.1 Å². The van der Waals surface area contributed by atoms with E-state index in [1.165, 1.54) is 0 Å². The summed E-state index contributed by atoms with van der Waals surface area (Å²) in [5.74, 6) is 1.85. The average molecular weight is 208 g/mol. The molecule has 0 saturated heterocycles. The molecule has 3 rings (SSSR count). The molecule has 0 bridgehead atoms. The van der Waals surface area contributed by atoms with Crippen LogP contribution < -0.4 is 10.7 Å². The number of rotatable bonds is 0. The van der Waals surface area contributed by atoms with Crippen molar-refractivity contribution in [2.75, 3.05) is 0 Å². The summed E-state index contributed by atoms with van der Waals surface area (Å²) < 4.78 is 0. The molecular weight excluding hydrogens is 200 g/mol. The minimum atomic E-state index is 0.297. The number of para-hydroxylation sites is 1. The Labute approximate surface area is 91.8 Å². The highest BCUT2D eigenvalue weighted by Crippen LogP contribution is 2.31. The maximum atomic E-state index is 10.8. The highest BCUT2D eigenvalue weighted by atomic mass is 16.1. The molecule has 16 heavy (non-hydrogen) atoms. The highest BCUT2D eigenvalue weighted by Gasteiger charge is 2.14.